The lowest BCUT2D eigenvalue weighted by atomic mass is 10.2. The van der Waals surface area contributed by atoms with Crippen molar-refractivity contribution in [3.8, 4) is 16.5 Å². The van der Waals surface area contributed by atoms with Crippen molar-refractivity contribution in [3.63, 3.8) is 0 Å². The highest BCUT2D eigenvalue weighted by Gasteiger charge is 2.25. The fraction of sp³-hybridized carbons (Fsp3) is 0.263. The van der Waals surface area contributed by atoms with Crippen LogP contribution in [0.25, 0.3) is 10.6 Å². The molecule has 0 unspecified atom stereocenters. The van der Waals surface area contributed by atoms with E-state index in [0.29, 0.717) is 42.8 Å². The van der Waals surface area contributed by atoms with E-state index in [1.165, 1.54) is 11.3 Å². The Balaban J connectivity index is 1.42. The van der Waals surface area contributed by atoms with Crippen LogP contribution < -0.4 is 9.64 Å². The number of amides is 1. The van der Waals surface area contributed by atoms with Crippen LogP contribution in [0.3, 0.4) is 0 Å². The SMILES string of the molecule is COc1cncc(N2CCN(C(=O)c3csc(-c4ccccc4Cl)n3)CC2)n1. The molecule has 2 aromatic heterocycles. The Morgan fingerprint density at radius 3 is 2.68 bits per heavy atom. The van der Waals surface area contributed by atoms with Gasteiger partial charge >= 0.3 is 0 Å². The second-order valence-corrected chi connectivity index (χ2v) is 7.48. The number of benzene rings is 1. The normalized spacial score (nSPS) is 14.2. The van der Waals surface area contributed by atoms with Crippen molar-refractivity contribution >= 4 is 34.7 Å². The fourth-order valence-electron chi connectivity index (χ4n) is 3.02. The third-order valence-electron chi connectivity index (χ3n) is 4.53. The van der Waals surface area contributed by atoms with Gasteiger partial charge in [-0.3, -0.25) is 9.78 Å². The molecule has 0 N–H and O–H groups in total. The smallest absolute Gasteiger partial charge is 0.273 e. The third kappa shape index (κ3) is 3.79. The lowest BCUT2D eigenvalue weighted by Crippen LogP contribution is -2.49. The number of hydrogen-bond donors (Lipinski definition) is 0. The number of aromatic nitrogens is 3. The largest absolute Gasteiger partial charge is 0.480 e. The van der Waals surface area contributed by atoms with E-state index in [4.69, 9.17) is 16.3 Å². The third-order valence-corrected chi connectivity index (χ3v) is 5.73. The standard InChI is InChI=1S/C19H18ClN5O2S/c1-27-17-11-21-10-16(23-17)24-6-8-25(9-7-24)19(26)15-12-28-18(22-15)13-4-2-3-5-14(13)20/h2-5,10-12H,6-9H2,1H3. The van der Waals surface area contributed by atoms with Crippen LogP contribution in [0.5, 0.6) is 5.88 Å². The molecule has 0 bridgehead atoms. The maximum absolute atomic E-state index is 12.8. The average molecular weight is 416 g/mol. The molecule has 1 amide bonds. The highest BCUT2D eigenvalue weighted by Crippen LogP contribution is 2.30. The summed E-state index contributed by atoms with van der Waals surface area (Å²) >= 11 is 7.66. The van der Waals surface area contributed by atoms with Gasteiger partial charge in [-0.25, -0.2) is 4.98 Å². The predicted molar refractivity (Wildman–Crippen MR) is 109 cm³/mol. The molecule has 3 aromatic rings. The maximum atomic E-state index is 12.8. The number of hydrogen-bond acceptors (Lipinski definition) is 7. The monoisotopic (exact) mass is 415 g/mol. The molecule has 0 aliphatic carbocycles. The minimum atomic E-state index is -0.0640. The molecule has 144 valence electrons. The Labute approximate surface area is 171 Å². The molecule has 0 atom stereocenters. The van der Waals surface area contributed by atoms with Crippen molar-refractivity contribution in [2.24, 2.45) is 0 Å². The molecule has 1 aromatic carbocycles. The number of methoxy groups -OCH3 is 1. The van der Waals surface area contributed by atoms with Gasteiger partial charge in [0, 0.05) is 37.1 Å². The first-order valence-corrected chi connectivity index (χ1v) is 10.0. The summed E-state index contributed by atoms with van der Waals surface area (Å²) in [5, 5.41) is 3.17. The van der Waals surface area contributed by atoms with E-state index in [-0.39, 0.29) is 5.91 Å². The van der Waals surface area contributed by atoms with Gasteiger partial charge in [-0.05, 0) is 6.07 Å². The molecule has 0 saturated carbocycles. The summed E-state index contributed by atoms with van der Waals surface area (Å²) in [6.07, 6.45) is 3.28. The zero-order valence-electron chi connectivity index (χ0n) is 15.2. The molecular formula is C19H18ClN5O2S. The van der Waals surface area contributed by atoms with E-state index in [1.807, 2.05) is 29.2 Å². The van der Waals surface area contributed by atoms with Gasteiger partial charge in [0.05, 0.1) is 24.5 Å². The Morgan fingerprint density at radius 1 is 1.14 bits per heavy atom. The Hall–Kier alpha value is -2.71. The summed E-state index contributed by atoms with van der Waals surface area (Å²) < 4.78 is 5.13. The first kappa shape index (κ1) is 18.6. The molecule has 1 aliphatic heterocycles. The molecule has 1 aliphatic rings. The molecule has 0 spiro atoms. The van der Waals surface area contributed by atoms with E-state index >= 15 is 0 Å². The second kappa shape index (κ2) is 8.12. The summed E-state index contributed by atoms with van der Waals surface area (Å²) in [7, 11) is 1.56. The van der Waals surface area contributed by atoms with Crippen molar-refractivity contribution < 1.29 is 9.53 Å². The van der Waals surface area contributed by atoms with Crippen LogP contribution in [0.2, 0.25) is 5.02 Å². The molecule has 28 heavy (non-hydrogen) atoms. The van der Waals surface area contributed by atoms with Crippen molar-refractivity contribution in [2.45, 2.75) is 0 Å². The number of piperazine rings is 1. The molecule has 1 fully saturated rings. The predicted octanol–water partition coefficient (Wildman–Crippen LogP) is 3.22. The van der Waals surface area contributed by atoms with Crippen molar-refractivity contribution in [2.75, 3.05) is 38.2 Å². The molecule has 9 heteroatoms. The zero-order valence-corrected chi connectivity index (χ0v) is 16.8. The van der Waals surface area contributed by atoms with Crippen LogP contribution in [-0.4, -0.2) is 59.0 Å². The van der Waals surface area contributed by atoms with Crippen LogP contribution >= 0.6 is 22.9 Å². The second-order valence-electron chi connectivity index (χ2n) is 6.22. The first-order chi connectivity index (χ1) is 13.7. The number of carbonyl (C=O) groups is 1. The Bertz CT molecular complexity index is 988. The number of carbonyl (C=O) groups excluding carboxylic acids is 1. The lowest BCUT2D eigenvalue weighted by Gasteiger charge is -2.34. The topological polar surface area (TPSA) is 71.5 Å². The summed E-state index contributed by atoms with van der Waals surface area (Å²) in [5.74, 6) is 1.16. The van der Waals surface area contributed by atoms with Gasteiger partial charge in [-0.15, -0.1) is 11.3 Å². The first-order valence-electron chi connectivity index (χ1n) is 8.76. The minimum absolute atomic E-state index is 0.0640. The van der Waals surface area contributed by atoms with Crippen LogP contribution in [-0.2, 0) is 0 Å². The fourth-order valence-corrected chi connectivity index (χ4v) is 4.13. The number of ether oxygens (including phenoxy) is 1. The van der Waals surface area contributed by atoms with Gasteiger partial charge in [-0.1, -0.05) is 29.8 Å². The van der Waals surface area contributed by atoms with Crippen molar-refractivity contribution in [1.82, 2.24) is 19.9 Å². The molecular weight excluding hydrogens is 398 g/mol. The van der Waals surface area contributed by atoms with E-state index in [1.54, 1.807) is 24.9 Å². The summed E-state index contributed by atoms with van der Waals surface area (Å²) in [5.41, 5.74) is 1.30. The minimum Gasteiger partial charge on any atom is -0.480 e. The highest BCUT2D eigenvalue weighted by atomic mass is 35.5. The van der Waals surface area contributed by atoms with Crippen molar-refractivity contribution in [3.05, 3.63) is 52.8 Å². The molecule has 1 saturated heterocycles. The van der Waals surface area contributed by atoms with Gasteiger partial charge in [-0.2, -0.15) is 4.98 Å². The van der Waals surface area contributed by atoms with Crippen LogP contribution in [0.4, 0.5) is 5.82 Å². The molecule has 4 rings (SSSR count). The number of halogens is 1. The summed E-state index contributed by atoms with van der Waals surface area (Å²) in [6, 6.07) is 7.51. The summed E-state index contributed by atoms with van der Waals surface area (Å²) in [6.45, 7) is 2.54. The Morgan fingerprint density at radius 2 is 1.93 bits per heavy atom. The number of anilines is 1. The molecule has 3 heterocycles. The highest BCUT2D eigenvalue weighted by molar-refractivity contribution is 7.13. The van der Waals surface area contributed by atoms with Crippen LogP contribution in [0, 0.1) is 0 Å². The number of thiazole rings is 1. The number of nitrogens with zero attached hydrogens (tertiary/aromatic N) is 5. The maximum Gasteiger partial charge on any atom is 0.273 e. The Kier molecular flexibility index (Phi) is 5.40. The van der Waals surface area contributed by atoms with E-state index < -0.39 is 0 Å². The molecule has 7 nitrogen and oxygen atoms in total. The zero-order chi connectivity index (χ0) is 19.5. The van der Waals surface area contributed by atoms with Gasteiger partial charge < -0.3 is 14.5 Å². The van der Waals surface area contributed by atoms with E-state index in [0.717, 1.165) is 16.4 Å². The quantitative estimate of drug-likeness (QED) is 0.651. The van der Waals surface area contributed by atoms with Gasteiger partial charge in [0.1, 0.15) is 10.7 Å². The average Bonchev–Trinajstić information content (AvgIpc) is 3.24. The van der Waals surface area contributed by atoms with Crippen molar-refractivity contribution in [1.29, 1.82) is 0 Å². The van der Waals surface area contributed by atoms with Gasteiger partial charge in [0.2, 0.25) is 5.88 Å². The van der Waals surface area contributed by atoms with Gasteiger partial charge in [0.25, 0.3) is 5.91 Å². The van der Waals surface area contributed by atoms with E-state index in [2.05, 4.69) is 19.9 Å². The van der Waals surface area contributed by atoms with Gasteiger partial charge in [0.15, 0.2) is 5.82 Å². The lowest BCUT2D eigenvalue weighted by molar-refractivity contribution is 0.0741. The van der Waals surface area contributed by atoms with Crippen LogP contribution in [0.15, 0.2) is 42.0 Å². The van der Waals surface area contributed by atoms with E-state index in [9.17, 15) is 4.79 Å². The van der Waals surface area contributed by atoms with Crippen LogP contribution in [0.1, 0.15) is 10.5 Å². The number of rotatable bonds is 4. The summed E-state index contributed by atoms with van der Waals surface area (Å²) in [4.78, 5) is 29.8. The molecule has 0 radical (unpaired) electrons.